The summed E-state index contributed by atoms with van der Waals surface area (Å²) in [4.78, 5) is 4.19. The Morgan fingerprint density at radius 3 is 2.56 bits per heavy atom. The standard InChI is InChI=1S/C20H26FN3O2.HI/c1-4-26-19-13-15(9-10-18(19)25-3)14-24-20(22-2)23-12-11-16-7-5-6-8-17(16)21;/h5-10,13H,4,11-12,14H2,1-3H3,(H2,22,23,24);1H. The third kappa shape index (κ3) is 7.24. The summed E-state index contributed by atoms with van der Waals surface area (Å²) in [6.45, 7) is 3.69. The van der Waals surface area contributed by atoms with Crippen LogP contribution in [0, 0.1) is 5.82 Å². The molecule has 0 aliphatic rings. The van der Waals surface area contributed by atoms with E-state index in [2.05, 4.69) is 15.6 Å². The van der Waals surface area contributed by atoms with Crippen molar-refractivity contribution in [2.24, 2.45) is 4.99 Å². The number of guanidine groups is 1. The Balaban J connectivity index is 0.00000364. The monoisotopic (exact) mass is 487 g/mol. The maximum Gasteiger partial charge on any atom is 0.191 e. The normalized spacial score (nSPS) is 10.7. The van der Waals surface area contributed by atoms with Crippen LogP contribution >= 0.6 is 24.0 Å². The van der Waals surface area contributed by atoms with E-state index in [1.54, 1.807) is 26.3 Å². The van der Waals surface area contributed by atoms with E-state index in [-0.39, 0.29) is 29.8 Å². The fourth-order valence-electron chi connectivity index (χ4n) is 2.52. The Labute approximate surface area is 177 Å². The van der Waals surface area contributed by atoms with Crippen molar-refractivity contribution >= 4 is 29.9 Å². The highest BCUT2D eigenvalue weighted by molar-refractivity contribution is 14.0. The summed E-state index contributed by atoms with van der Waals surface area (Å²) in [5.41, 5.74) is 1.73. The fourth-order valence-corrected chi connectivity index (χ4v) is 2.52. The van der Waals surface area contributed by atoms with E-state index in [4.69, 9.17) is 9.47 Å². The molecule has 0 bridgehead atoms. The minimum Gasteiger partial charge on any atom is -0.493 e. The van der Waals surface area contributed by atoms with Crippen LogP contribution in [0.25, 0.3) is 0 Å². The first-order chi connectivity index (χ1) is 12.7. The van der Waals surface area contributed by atoms with Crippen LogP contribution in [0.5, 0.6) is 11.5 Å². The molecule has 148 valence electrons. The van der Waals surface area contributed by atoms with Crippen LogP contribution in [0.1, 0.15) is 18.1 Å². The second-order valence-electron chi connectivity index (χ2n) is 5.61. The maximum atomic E-state index is 13.6. The molecule has 0 spiro atoms. The SMILES string of the molecule is CCOc1cc(CNC(=NC)NCCc2ccccc2F)ccc1OC.I. The molecular weight excluding hydrogens is 460 g/mol. The van der Waals surface area contributed by atoms with Gasteiger partial charge in [0.25, 0.3) is 0 Å². The molecule has 5 nitrogen and oxygen atoms in total. The Bertz CT molecular complexity index is 741. The number of benzene rings is 2. The molecule has 0 atom stereocenters. The highest BCUT2D eigenvalue weighted by atomic mass is 127. The van der Waals surface area contributed by atoms with Gasteiger partial charge >= 0.3 is 0 Å². The highest BCUT2D eigenvalue weighted by Gasteiger charge is 2.06. The quantitative estimate of drug-likeness (QED) is 0.339. The van der Waals surface area contributed by atoms with Gasteiger partial charge in [0.2, 0.25) is 0 Å². The lowest BCUT2D eigenvalue weighted by Gasteiger charge is -2.14. The molecule has 0 saturated carbocycles. The average molecular weight is 487 g/mol. The van der Waals surface area contributed by atoms with Gasteiger partial charge in [0.15, 0.2) is 17.5 Å². The maximum absolute atomic E-state index is 13.6. The number of halogens is 2. The van der Waals surface area contributed by atoms with Gasteiger partial charge in [-0.2, -0.15) is 0 Å². The predicted octanol–water partition coefficient (Wildman–Crippen LogP) is 3.76. The van der Waals surface area contributed by atoms with Crippen molar-refractivity contribution in [3.05, 3.63) is 59.4 Å². The van der Waals surface area contributed by atoms with Gasteiger partial charge in [0, 0.05) is 20.1 Å². The van der Waals surface area contributed by atoms with E-state index in [0.29, 0.717) is 43.4 Å². The first kappa shape index (κ1) is 23.0. The third-order valence-corrected chi connectivity index (χ3v) is 3.86. The molecule has 0 heterocycles. The van der Waals surface area contributed by atoms with E-state index >= 15 is 0 Å². The molecule has 0 fully saturated rings. The van der Waals surface area contributed by atoms with Crippen LogP contribution in [-0.4, -0.2) is 33.3 Å². The van der Waals surface area contributed by atoms with Crippen LogP contribution in [-0.2, 0) is 13.0 Å². The van der Waals surface area contributed by atoms with Crippen LogP contribution in [0.15, 0.2) is 47.5 Å². The molecule has 0 aliphatic carbocycles. The van der Waals surface area contributed by atoms with Crippen molar-refractivity contribution in [1.29, 1.82) is 0 Å². The Hall–Kier alpha value is -2.03. The second-order valence-corrected chi connectivity index (χ2v) is 5.61. The summed E-state index contributed by atoms with van der Waals surface area (Å²) >= 11 is 0. The molecule has 0 unspecified atom stereocenters. The van der Waals surface area contributed by atoms with Crippen molar-refractivity contribution in [2.75, 3.05) is 27.3 Å². The lowest BCUT2D eigenvalue weighted by atomic mass is 10.1. The van der Waals surface area contributed by atoms with Crippen molar-refractivity contribution in [2.45, 2.75) is 19.9 Å². The van der Waals surface area contributed by atoms with Crippen molar-refractivity contribution in [1.82, 2.24) is 10.6 Å². The second kappa shape index (κ2) is 12.4. The number of rotatable bonds is 8. The Kier molecular flexibility index (Phi) is 10.5. The summed E-state index contributed by atoms with van der Waals surface area (Å²) < 4.78 is 24.5. The van der Waals surface area contributed by atoms with Gasteiger partial charge in [-0.3, -0.25) is 4.99 Å². The smallest absolute Gasteiger partial charge is 0.191 e. The summed E-state index contributed by atoms with van der Waals surface area (Å²) in [6.07, 6.45) is 0.588. The zero-order valence-electron chi connectivity index (χ0n) is 15.9. The molecule has 2 aromatic carbocycles. The van der Waals surface area contributed by atoms with Crippen LogP contribution in [0.4, 0.5) is 4.39 Å². The average Bonchev–Trinajstić information content (AvgIpc) is 2.66. The third-order valence-electron chi connectivity index (χ3n) is 3.86. The summed E-state index contributed by atoms with van der Waals surface area (Å²) in [5.74, 6) is 1.91. The van der Waals surface area contributed by atoms with E-state index in [9.17, 15) is 4.39 Å². The molecule has 0 aromatic heterocycles. The first-order valence-corrected chi connectivity index (χ1v) is 8.65. The molecule has 0 amide bonds. The molecule has 27 heavy (non-hydrogen) atoms. The lowest BCUT2D eigenvalue weighted by Crippen LogP contribution is -2.37. The lowest BCUT2D eigenvalue weighted by molar-refractivity contribution is 0.310. The fraction of sp³-hybridized carbons (Fsp3) is 0.350. The molecule has 2 aromatic rings. The van der Waals surface area contributed by atoms with Gasteiger partial charge in [0.05, 0.1) is 13.7 Å². The number of hydrogen-bond donors (Lipinski definition) is 2. The number of nitrogens with one attached hydrogen (secondary N) is 2. The number of ether oxygens (including phenoxy) is 2. The van der Waals surface area contributed by atoms with Crippen molar-refractivity contribution < 1.29 is 13.9 Å². The predicted molar refractivity (Wildman–Crippen MR) is 118 cm³/mol. The van der Waals surface area contributed by atoms with Crippen LogP contribution in [0.2, 0.25) is 0 Å². The van der Waals surface area contributed by atoms with Crippen LogP contribution < -0.4 is 20.1 Å². The number of aliphatic imine (C=N–C) groups is 1. The first-order valence-electron chi connectivity index (χ1n) is 8.65. The van der Waals surface area contributed by atoms with Crippen LogP contribution in [0.3, 0.4) is 0 Å². The zero-order valence-corrected chi connectivity index (χ0v) is 18.3. The molecule has 2 N–H and O–H groups in total. The zero-order chi connectivity index (χ0) is 18.8. The van der Waals surface area contributed by atoms with Gasteiger partial charge < -0.3 is 20.1 Å². The minimum atomic E-state index is -0.182. The molecule has 0 saturated heterocycles. The summed E-state index contributed by atoms with van der Waals surface area (Å²) in [6, 6.07) is 12.6. The number of hydrogen-bond acceptors (Lipinski definition) is 3. The van der Waals surface area contributed by atoms with E-state index < -0.39 is 0 Å². The highest BCUT2D eigenvalue weighted by Crippen LogP contribution is 2.27. The minimum absolute atomic E-state index is 0. The molecule has 0 aliphatic heterocycles. The molecule has 0 radical (unpaired) electrons. The molecule has 7 heteroatoms. The van der Waals surface area contributed by atoms with E-state index in [1.807, 2.05) is 31.2 Å². The molecule has 2 rings (SSSR count). The van der Waals surface area contributed by atoms with E-state index in [1.165, 1.54) is 6.07 Å². The summed E-state index contributed by atoms with van der Waals surface area (Å²) in [7, 11) is 3.33. The summed E-state index contributed by atoms with van der Waals surface area (Å²) in [5, 5.41) is 6.44. The Morgan fingerprint density at radius 1 is 1.11 bits per heavy atom. The van der Waals surface area contributed by atoms with Gasteiger partial charge in [0.1, 0.15) is 5.82 Å². The number of methoxy groups -OCH3 is 1. The van der Waals surface area contributed by atoms with Gasteiger partial charge in [-0.05, 0) is 42.7 Å². The van der Waals surface area contributed by atoms with E-state index in [0.717, 1.165) is 11.3 Å². The van der Waals surface area contributed by atoms with Gasteiger partial charge in [-0.15, -0.1) is 24.0 Å². The number of nitrogens with zero attached hydrogens (tertiary/aromatic N) is 1. The van der Waals surface area contributed by atoms with Gasteiger partial charge in [-0.25, -0.2) is 4.39 Å². The topological polar surface area (TPSA) is 54.9 Å². The van der Waals surface area contributed by atoms with Crippen molar-refractivity contribution in [3.63, 3.8) is 0 Å². The largest absolute Gasteiger partial charge is 0.493 e. The molecular formula is C20H27FIN3O2. The Morgan fingerprint density at radius 2 is 1.89 bits per heavy atom. The van der Waals surface area contributed by atoms with Crippen molar-refractivity contribution in [3.8, 4) is 11.5 Å². The van der Waals surface area contributed by atoms with Gasteiger partial charge in [-0.1, -0.05) is 24.3 Å².